The maximum absolute atomic E-state index is 13.6. The first kappa shape index (κ1) is 26.5. The number of nitrogens with zero attached hydrogens (tertiary/aromatic N) is 2. The van der Waals surface area contributed by atoms with Crippen LogP contribution in [-0.4, -0.2) is 69.2 Å². The third kappa shape index (κ3) is 10.3. The number of likely N-dealkylation sites (tertiary alicyclic amines) is 1. The molecule has 0 aliphatic carbocycles. The Morgan fingerprint density at radius 1 is 1.28 bits per heavy atom. The number of benzene rings is 1. The number of nitrogens with one attached hydrogen (secondary N) is 1. The summed E-state index contributed by atoms with van der Waals surface area (Å²) in [4.78, 5) is 7.08. The maximum Gasteiger partial charge on any atom is 0.193 e. The molecule has 8 heteroatoms. The lowest BCUT2D eigenvalue weighted by Crippen LogP contribution is -2.47. The van der Waals surface area contributed by atoms with Gasteiger partial charge in [0.15, 0.2) is 5.96 Å². The van der Waals surface area contributed by atoms with Crippen molar-refractivity contribution in [2.75, 3.05) is 52.3 Å². The summed E-state index contributed by atoms with van der Waals surface area (Å²) in [6.45, 7) is 7.13. The Morgan fingerprint density at radius 2 is 2.03 bits per heavy atom. The van der Waals surface area contributed by atoms with E-state index in [-0.39, 0.29) is 29.8 Å². The summed E-state index contributed by atoms with van der Waals surface area (Å²) in [5.41, 5.74) is 0.760. The van der Waals surface area contributed by atoms with Crippen molar-refractivity contribution in [1.29, 1.82) is 0 Å². The van der Waals surface area contributed by atoms with Gasteiger partial charge >= 0.3 is 0 Å². The Balaban J connectivity index is 0.00000420. The fourth-order valence-corrected chi connectivity index (χ4v) is 3.95. The monoisotopic (exact) mass is 539 g/mol. The molecule has 2 rings (SSSR count). The number of hydrogen-bond acceptors (Lipinski definition) is 4. The molecule has 1 aliphatic rings. The average molecular weight is 539 g/mol. The van der Waals surface area contributed by atoms with Crippen LogP contribution in [-0.2, 0) is 15.2 Å². The third-order valence-corrected chi connectivity index (χ3v) is 5.62. The molecule has 1 N–H and O–H groups in total. The second kappa shape index (κ2) is 16.2. The SMILES string of the molecule is CCNC(=NCCSCc1ccccc1F)N1CCC(OCCCOC)CC1.I. The normalized spacial score (nSPS) is 15.3. The van der Waals surface area contributed by atoms with Crippen molar-refractivity contribution >= 4 is 41.7 Å². The Kier molecular flexibility index (Phi) is 14.7. The number of ether oxygens (including phenoxy) is 2. The van der Waals surface area contributed by atoms with E-state index in [1.807, 2.05) is 12.1 Å². The summed E-state index contributed by atoms with van der Waals surface area (Å²) in [6, 6.07) is 6.97. The maximum atomic E-state index is 13.6. The number of guanidine groups is 1. The molecular weight excluding hydrogens is 504 g/mol. The lowest BCUT2D eigenvalue weighted by atomic mass is 10.1. The summed E-state index contributed by atoms with van der Waals surface area (Å²) in [6.07, 6.45) is 3.34. The van der Waals surface area contributed by atoms with E-state index < -0.39 is 0 Å². The second-order valence-electron chi connectivity index (χ2n) is 6.78. The molecule has 0 amide bonds. The van der Waals surface area contributed by atoms with E-state index in [0.717, 1.165) is 75.9 Å². The zero-order chi connectivity index (χ0) is 20.0. The number of piperidine rings is 1. The van der Waals surface area contributed by atoms with Crippen molar-refractivity contribution in [2.45, 2.75) is 38.0 Å². The van der Waals surface area contributed by atoms with Crippen LogP contribution in [0.25, 0.3) is 0 Å². The molecule has 1 saturated heterocycles. The highest BCUT2D eigenvalue weighted by molar-refractivity contribution is 14.0. The molecule has 1 aromatic rings. The first-order chi connectivity index (χ1) is 13.7. The van der Waals surface area contributed by atoms with Crippen LogP contribution in [0.5, 0.6) is 0 Å². The van der Waals surface area contributed by atoms with Gasteiger partial charge in [-0.2, -0.15) is 11.8 Å². The molecule has 0 saturated carbocycles. The Morgan fingerprint density at radius 3 is 2.72 bits per heavy atom. The Labute approximate surface area is 196 Å². The molecule has 0 spiro atoms. The molecule has 1 aliphatic heterocycles. The molecule has 29 heavy (non-hydrogen) atoms. The van der Waals surface area contributed by atoms with Crippen molar-refractivity contribution in [3.8, 4) is 0 Å². The largest absolute Gasteiger partial charge is 0.385 e. The van der Waals surface area contributed by atoms with Crippen molar-refractivity contribution in [2.24, 2.45) is 4.99 Å². The van der Waals surface area contributed by atoms with E-state index in [1.54, 1.807) is 24.9 Å². The van der Waals surface area contributed by atoms with Crippen molar-refractivity contribution in [3.63, 3.8) is 0 Å². The van der Waals surface area contributed by atoms with Gasteiger partial charge in [0, 0.05) is 51.5 Å². The van der Waals surface area contributed by atoms with Crippen LogP contribution in [0.4, 0.5) is 4.39 Å². The van der Waals surface area contributed by atoms with Gasteiger partial charge in [0.2, 0.25) is 0 Å². The highest BCUT2D eigenvalue weighted by Gasteiger charge is 2.21. The standard InChI is InChI=1S/C21H34FN3O2S.HI/c1-3-23-21(24-11-16-28-17-18-7-4-5-8-20(18)22)25-12-9-19(10-13-25)27-15-6-14-26-2;/h4-5,7-8,19H,3,6,9-17H2,1-2H3,(H,23,24);1H. The van der Waals surface area contributed by atoms with E-state index in [2.05, 4.69) is 17.1 Å². The van der Waals surface area contributed by atoms with Gasteiger partial charge in [-0.15, -0.1) is 24.0 Å². The minimum atomic E-state index is -0.126. The summed E-state index contributed by atoms with van der Waals surface area (Å²) in [5.74, 6) is 2.42. The van der Waals surface area contributed by atoms with E-state index in [0.29, 0.717) is 11.9 Å². The second-order valence-corrected chi connectivity index (χ2v) is 7.89. The molecular formula is C21H35FIN3O2S. The van der Waals surface area contributed by atoms with E-state index in [1.165, 1.54) is 6.07 Å². The smallest absolute Gasteiger partial charge is 0.193 e. The van der Waals surface area contributed by atoms with Gasteiger partial charge in [-0.3, -0.25) is 4.99 Å². The van der Waals surface area contributed by atoms with Gasteiger partial charge in [0.1, 0.15) is 5.82 Å². The van der Waals surface area contributed by atoms with Crippen LogP contribution in [0, 0.1) is 5.82 Å². The predicted molar refractivity (Wildman–Crippen MR) is 131 cm³/mol. The van der Waals surface area contributed by atoms with Crippen LogP contribution >= 0.6 is 35.7 Å². The number of hydrogen-bond donors (Lipinski definition) is 1. The van der Waals surface area contributed by atoms with Crippen molar-refractivity contribution in [3.05, 3.63) is 35.6 Å². The molecule has 0 aromatic heterocycles. The van der Waals surface area contributed by atoms with E-state index >= 15 is 0 Å². The Bertz CT molecular complexity index is 587. The topological polar surface area (TPSA) is 46.1 Å². The van der Waals surface area contributed by atoms with E-state index in [4.69, 9.17) is 14.5 Å². The number of methoxy groups -OCH3 is 1. The molecule has 166 valence electrons. The molecule has 1 heterocycles. The number of aliphatic imine (C=N–C) groups is 1. The zero-order valence-electron chi connectivity index (χ0n) is 17.6. The average Bonchev–Trinajstić information content (AvgIpc) is 2.72. The number of halogens is 2. The van der Waals surface area contributed by atoms with Crippen LogP contribution in [0.1, 0.15) is 31.7 Å². The quantitative estimate of drug-likeness (QED) is 0.198. The molecule has 1 fully saturated rings. The highest BCUT2D eigenvalue weighted by Crippen LogP contribution is 2.16. The molecule has 5 nitrogen and oxygen atoms in total. The lowest BCUT2D eigenvalue weighted by Gasteiger charge is -2.34. The van der Waals surface area contributed by atoms with E-state index in [9.17, 15) is 4.39 Å². The van der Waals surface area contributed by atoms with Gasteiger partial charge in [-0.1, -0.05) is 18.2 Å². The summed E-state index contributed by atoms with van der Waals surface area (Å²) in [7, 11) is 1.72. The summed E-state index contributed by atoms with van der Waals surface area (Å²) < 4.78 is 24.6. The fourth-order valence-electron chi connectivity index (χ4n) is 3.13. The van der Waals surface area contributed by atoms with Crippen LogP contribution in [0.2, 0.25) is 0 Å². The van der Waals surface area contributed by atoms with Gasteiger partial charge in [-0.25, -0.2) is 4.39 Å². The molecule has 0 bridgehead atoms. The molecule has 0 unspecified atom stereocenters. The minimum absolute atomic E-state index is 0. The number of rotatable bonds is 11. The molecule has 0 radical (unpaired) electrons. The van der Waals surface area contributed by atoms with Gasteiger partial charge in [0.05, 0.1) is 12.6 Å². The van der Waals surface area contributed by atoms with Crippen LogP contribution in [0.15, 0.2) is 29.3 Å². The zero-order valence-corrected chi connectivity index (χ0v) is 20.7. The lowest BCUT2D eigenvalue weighted by molar-refractivity contribution is 0.00991. The van der Waals surface area contributed by atoms with Gasteiger partial charge in [-0.05, 0) is 37.8 Å². The third-order valence-electron chi connectivity index (χ3n) is 4.64. The summed E-state index contributed by atoms with van der Waals surface area (Å²) in [5, 5.41) is 3.39. The first-order valence-electron chi connectivity index (χ1n) is 10.2. The fraction of sp³-hybridized carbons (Fsp3) is 0.667. The highest BCUT2D eigenvalue weighted by atomic mass is 127. The first-order valence-corrected chi connectivity index (χ1v) is 11.3. The minimum Gasteiger partial charge on any atom is -0.385 e. The van der Waals surface area contributed by atoms with Crippen LogP contribution < -0.4 is 5.32 Å². The summed E-state index contributed by atoms with van der Waals surface area (Å²) >= 11 is 1.72. The van der Waals surface area contributed by atoms with Gasteiger partial charge < -0.3 is 19.7 Å². The number of thioether (sulfide) groups is 1. The van der Waals surface area contributed by atoms with Gasteiger partial charge in [0.25, 0.3) is 0 Å². The molecule has 0 atom stereocenters. The van der Waals surface area contributed by atoms with Crippen LogP contribution in [0.3, 0.4) is 0 Å². The predicted octanol–water partition coefficient (Wildman–Crippen LogP) is 4.16. The Hall–Kier alpha value is -0.580. The van der Waals surface area contributed by atoms with Crippen molar-refractivity contribution in [1.82, 2.24) is 10.2 Å². The van der Waals surface area contributed by atoms with Crippen molar-refractivity contribution < 1.29 is 13.9 Å². The molecule has 1 aromatic carbocycles.